The fourth-order valence-electron chi connectivity index (χ4n) is 2.15. The number of aliphatic carboxylic acids is 1. The summed E-state index contributed by atoms with van der Waals surface area (Å²) in [6.45, 7) is 2.00. The van der Waals surface area contributed by atoms with Gasteiger partial charge in [-0.05, 0) is 32.6 Å². The van der Waals surface area contributed by atoms with Crippen molar-refractivity contribution in [3.05, 3.63) is 16.1 Å². The zero-order valence-corrected chi connectivity index (χ0v) is 9.59. The molecule has 0 saturated heterocycles. The van der Waals surface area contributed by atoms with E-state index in [4.69, 9.17) is 5.11 Å². The summed E-state index contributed by atoms with van der Waals surface area (Å²) < 4.78 is 0. The van der Waals surface area contributed by atoms with Crippen LogP contribution in [0.4, 0.5) is 0 Å². The Morgan fingerprint density at radius 3 is 2.60 bits per heavy atom. The van der Waals surface area contributed by atoms with Gasteiger partial charge in [-0.1, -0.05) is 0 Å². The van der Waals surface area contributed by atoms with Gasteiger partial charge in [0.15, 0.2) is 0 Å². The predicted molar refractivity (Wildman–Crippen MR) is 59.2 cm³/mol. The van der Waals surface area contributed by atoms with E-state index in [0.29, 0.717) is 5.92 Å². The molecule has 0 unspecified atom stereocenters. The Morgan fingerprint density at radius 2 is 2.13 bits per heavy atom. The Bertz CT molecular complexity index is 353. The van der Waals surface area contributed by atoms with Crippen molar-refractivity contribution >= 4 is 17.3 Å². The third-order valence-electron chi connectivity index (χ3n) is 3.06. The van der Waals surface area contributed by atoms with Crippen LogP contribution in [0.25, 0.3) is 0 Å². The van der Waals surface area contributed by atoms with Gasteiger partial charge in [0.25, 0.3) is 0 Å². The lowest BCUT2D eigenvalue weighted by molar-refractivity contribution is -0.142. The Kier molecular flexibility index (Phi) is 3.05. The molecule has 0 atom stereocenters. The molecule has 0 amide bonds. The molecule has 0 radical (unpaired) electrons. The van der Waals surface area contributed by atoms with Crippen molar-refractivity contribution in [3.8, 4) is 0 Å². The molecular formula is C11H15NO2S. The average molecular weight is 225 g/mol. The third kappa shape index (κ3) is 2.37. The largest absolute Gasteiger partial charge is 0.481 e. The number of nitrogens with zero attached hydrogens (tertiary/aromatic N) is 1. The highest BCUT2D eigenvalue weighted by molar-refractivity contribution is 7.09. The lowest BCUT2D eigenvalue weighted by Gasteiger charge is -2.24. The first-order valence-corrected chi connectivity index (χ1v) is 6.19. The SMILES string of the molecule is Cc1csc(C2CCC(C(=O)O)CC2)n1. The van der Waals surface area contributed by atoms with Crippen molar-refractivity contribution in [1.29, 1.82) is 0 Å². The highest BCUT2D eigenvalue weighted by Gasteiger charge is 2.27. The third-order valence-corrected chi connectivity index (χ3v) is 4.19. The lowest BCUT2D eigenvalue weighted by Crippen LogP contribution is -2.20. The standard InChI is InChI=1S/C11H15NO2S/c1-7-6-15-10(12-7)8-2-4-9(5-3-8)11(13)14/h6,8-9H,2-5H2,1H3,(H,13,14). The second-order valence-corrected chi connectivity index (χ2v) is 5.10. The summed E-state index contributed by atoms with van der Waals surface area (Å²) >= 11 is 1.71. The molecule has 0 bridgehead atoms. The number of hydrogen-bond donors (Lipinski definition) is 1. The molecule has 0 spiro atoms. The van der Waals surface area contributed by atoms with Crippen LogP contribution in [0.3, 0.4) is 0 Å². The minimum absolute atomic E-state index is 0.123. The summed E-state index contributed by atoms with van der Waals surface area (Å²) in [7, 11) is 0. The molecule has 2 rings (SSSR count). The second-order valence-electron chi connectivity index (χ2n) is 4.21. The maximum absolute atomic E-state index is 10.8. The van der Waals surface area contributed by atoms with Crippen LogP contribution in [-0.2, 0) is 4.79 Å². The minimum Gasteiger partial charge on any atom is -0.481 e. The summed E-state index contributed by atoms with van der Waals surface area (Å²) in [6, 6.07) is 0. The maximum atomic E-state index is 10.8. The van der Waals surface area contributed by atoms with Gasteiger partial charge in [0.2, 0.25) is 0 Å². The Labute approximate surface area is 93.2 Å². The van der Waals surface area contributed by atoms with Crippen LogP contribution < -0.4 is 0 Å². The van der Waals surface area contributed by atoms with E-state index in [1.54, 1.807) is 11.3 Å². The molecule has 1 fully saturated rings. The van der Waals surface area contributed by atoms with Gasteiger partial charge in [-0.25, -0.2) is 4.98 Å². The van der Waals surface area contributed by atoms with Crippen molar-refractivity contribution in [2.75, 3.05) is 0 Å². The number of carboxylic acids is 1. The fourth-order valence-corrected chi connectivity index (χ4v) is 3.12. The Hall–Kier alpha value is -0.900. The first-order valence-electron chi connectivity index (χ1n) is 5.31. The zero-order valence-electron chi connectivity index (χ0n) is 8.77. The topological polar surface area (TPSA) is 50.2 Å². The van der Waals surface area contributed by atoms with Crippen LogP contribution in [-0.4, -0.2) is 16.1 Å². The van der Waals surface area contributed by atoms with E-state index in [1.807, 2.05) is 6.92 Å². The van der Waals surface area contributed by atoms with Gasteiger partial charge in [0.05, 0.1) is 10.9 Å². The number of carboxylic acid groups (broad SMARTS) is 1. The minimum atomic E-state index is -0.635. The molecule has 82 valence electrons. The van der Waals surface area contributed by atoms with Crippen molar-refractivity contribution in [1.82, 2.24) is 4.98 Å². The number of thiazole rings is 1. The number of aryl methyl sites for hydroxylation is 1. The van der Waals surface area contributed by atoms with Crippen LogP contribution >= 0.6 is 11.3 Å². The van der Waals surface area contributed by atoms with E-state index in [9.17, 15) is 4.79 Å². The summed E-state index contributed by atoms with van der Waals surface area (Å²) in [4.78, 5) is 15.3. The highest BCUT2D eigenvalue weighted by Crippen LogP contribution is 2.36. The monoisotopic (exact) mass is 225 g/mol. The number of rotatable bonds is 2. The van der Waals surface area contributed by atoms with Gasteiger partial charge < -0.3 is 5.11 Å². The van der Waals surface area contributed by atoms with Crippen LogP contribution in [0.5, 0.6) is 0 Å². The van der Waals surface area contributed by atoms with Crippen molar-refractivity contribution in [3.63, 3.8) is 0 Å². The Balaban J connectivity index is 1.96. The van der Waals surface area contributed by atoms with Crippen LogP contribution in [0, 0.1) is 12.8 Å². The molecule has 0 aliphatic heterocycles. The molecule has 0 aromatic carbocycles. The highest BCUT2D eigenvalue weighted by atomic mass is 32.1. The normalized spacial score (nSPS) is 26.5. The predicted octanol–water partition coefficient (Wildman–Crippen LogP) is 2.81. The first-order chi connectivity index (χ1) is 7.16. The number of carbonyl (C=O) groups is 1. The van der Waals surface area contributed by atoms with E-state index < -0.39 is 5.97 Å². The quantitative estimate of drug-likeness (QED) is 0.842. The first kappa shape index (κ1) is 10.6. The van der Waals surface area contributed by atoms with E-state index in [-0.39, 0.29) is 5.92 Å². The van der Waals surface area contributed by atoms with Gasteiger partial charge in [0, 0.05) is 17.0 Å². The molecule has 1 aliphatic rings. The van der Waals surface area contributed by atoms with E-state index >= 15 is 0 Å². The van der Waals surface area contributed by atoms with Gasteiger partial charge in [-0.15, -0.1) is 11.3 Å². The number of hydrogen-bond acceptors (Lipinski definition) is 3. The molecule has 1 saturated carbocycles. The van der Waals surface area contributed by atoms with Gasteiger partial charge in [-0.2, -0.15) is 0 Å². The summed E-state index contributed by atoms with van der Waals surface area (Å²) in [6.07, 6.45) is 3.56. The summed E-state index contributed by atoms with van der Waals surface area (Å²) in [5.74, 6) is -0.259. The van der Waals surface area contributed by atoms with Crippen molar-refractivity contribution in [2.45, 2.75) is 38.5 Å². The fraction of sp³-hybridized carbons (Fsp3) is 0.636. The molecular weight excluding hydrogens is 210 g/mol. The molecule has 1 aliphatic carbocycles. The molecule has 15 heavy (non-hydrogen) atoms. The van der Waals surface area contributed by atoms with Crippen molar-refractivity contribution in [2.24, 2.45) is 5.92 Å². The molecule has 1 aromatic heterocycles. The average Bonchev–Trinajstić information content (AvgIpc) is 2.65. The zero-order chi connectivity index (χ0) is 10.8. The van der Waals surface area contributed by atoms with E-state index in [2.05, 4.69) is 10.4 Å². The molecule has 3 nitrogen and oxygen atoms in total. The smallest absolute Gasteiger partial charge is 0.306 e. The lowest BCUT2D eigenvalue weighted by atomic mass is 9.82. The van der Waals surface area contributed by atoms with Crippen LogP contribution in [0.2, 0.25) is 0 Å². The number of aromatic nitrogens is 1. The van der Waals surface area contributed by atoms with E-state index in [0.717, 1.165) is 31.4 Å². The van der Waals surface area contributed by atoms with Gasteiger partial charge in [-0.3, -0.25) is 4.79 Å². The van der Waals surface area contributed by atoms with Crippen LogP contribution in [0.1, 0.15) is 42.3 Å². The summed E-state index contributed by atoms with van der Waals surface area (Å²) in [5.41, 5.74) is 1.08. The molecule has 4 heteroatoms. The molecule has 1 heterocycles. The molecule has 1 N–H and O–H groups in total. The summed E-state index contributed by atoms with van der Waals surface area (Å²) in [5, 5.41) is 12.1. The van der Waals surface area contributed by atoms with Crippen LogP contribution in [0.15, 0.2) is 5.38 Å². The molecule has 1 aromatic rings. The van der Waals surface area contributed by atoms with Crippen molar-refractivity contribution < 1.29 is 9.90 Å². The maximum Gasteiger partial charge on any atom is 0.306 e. The Morgan fingerprint density at radius 1 is 1.47 bits per heavy atom. The van der Waals surface area contributed by atoms with E-state index in [1.165, 1.54) is 5.01 Å². The second kappa shape index (κ2) is 4.31. The van der Waals surface area contributed by atoms with Gasteiger partial charge in [0.1, 0.15) is 0 Å². The van der Waals surface area contributed by atoms with Gasteiger partial charge >= 0.3 is 5.97 Å².